The van der Waals surface area contributed by atoms with Crippen molar-refractivity contribution in [2.75, 3.05) is 6.61 Å². The van der Waals surface area contributed by atoms with E-state index in [4.69, 9.17) is 4.74 Å². The Labute approximate surface area is 167 Å². The molecule has 0 amide bonds. The first kappa shape index (κ1) is 20.2. The predicted molar refractivity (Wildman–Crippen MR) is 112 cm³/mol. The molecule has 0 aliphatic heterocycles. The van der Waals surface area contributed by atoms with Crippen LogP contribution in [0.2, 0.25) is 0 Å². The minimum Gasteiger partial charge on any atom is -0.393 e. The van der Waals surface area contributed by atoms with Crippen molar-refractivity contribution < 1.29 is 9.84 Å². The van der Waals surface area contributed by atoms with Crippen LogP contribution in [0.4, 0.5) is 0 Å². The summed E-state index contributed by atoms with van der Waals surface area (Å²) in [7, 11) is 0. The summed E-state index contributed by atoms with van der Waals surface area (Å²) in [5.41, 5.74) is 0. The topological polar surface area (TPSA) is 29.5 Å². The van der Waals surface area contributed by atoms with E-state index in [2.05, 4.69) is 6.92 Å². The van der Waals surface area contributed by atoms with Crippen LogP contribution in [0.3, 0.4) is 0 Å². The van der Waals surface area contributed by atoms with Gasteiger partial charge in [-0.25, -0.2) is 0 Å². The van der Waals surface area contributed by atoms with Gasteiger partial charge in [-0.2, -0.15) is 0 Å². The predicted octanol–water partition coefficient (Wildman–Crippen LogP) is 6.36. The second kappa shape index (κ2) is 9.61. The molecule has 4 fully saturated rings. The number of aliphatic hydroxyl groups excluding tert-OH is 1. The monoisotopic (exact) mass is 376 g/mol. The zero-order valence-electron chi connectivity index (χ0n) is 17.8. The molecule has 0 aromatic rings. The van der Waals surface area contributed by atoms with Crippen molar-refractivity contribution in [2.24, 2.45) is 35.5 Å². The van der Waals surface area contributed by atoms with Crippen molar-refractivity contribution in [1.82, 2.24) is 0 Å². The van der Waals surface area contributed by atoms with Crippen LogP contribution in [-0.2, 0) is 4.74 Å². The van der Waals surface area contributed by atoms with Gasteiger partial charge < -0.3 is 9.84 Å². The molecule has 0 saturated heterocycles. The van der Waals surface area contributed by atoms with Crippen LogP contribution in [0.25, 0.3) is 0 Å². The van der Waals surface area contributed by atoms with Gasteiger partial charge in [-0.05, 0) is 106 Å². The molecule has 0 radical (unpaired) electrons. The van der Waals surface area contributed by atoms with Crippen molar-refractivity contribution in [3.63, 3.8) is 0 Å². The van der Waals surface area contributed by atoms with E-state index in [0.717, 1.165) is 42.6 Å². The van der Waals surface area contributed by atoms with Crippen LogP contribution in [0.1, 0.15) is 103 Å². The Morgan fingerprint density at radius 3 is 2.44 bits per heavy atom. The van der Waals surface area contributed by atoms with Gasteiger partial charge in [0, 0.05) is 6.61 Å². The fourth-order valence-electron chi connectivity index (χ4n) is 7.38. The van der Waals surface area contributed by atoms with E-state index in [1.54, 1.807) is 0 Å². The Morgan fingerprint density at radius 2 is 1.56 bits per heavy atom. The molecule has 2 heteroatoms. The fraction of sp³-hybridized carbons (Fsp3) is 1.00. The number of fused-ring (bicyclic) bond motifs is 2. The molecule has 0 heterocycles. The molecule has 4 aliphatic carbocycles. The van der Waals surface area contributed by atoms with E-state index in [1.807, 2.05) is 0 Å². The molecule has 0 spiro atoms. The van der Waals surface area contributed by atoms with Crippen molar-refractivity contribution >= 4 is 0 Å². The Hall–Kier alpha value is -0.0800. The van der Waals surface area contributed by atoms with Gasteiger partial charge in [0.1, 0.15) is 0 Å². The highest BCUT2D eigenvalue weighted by molar-refractivity contribution is 4.88. The number of hydrogen-bond acceptors (Lipinski definition) is 2. The van der Waals surface area contributed by atoms with Gasteiger partial charge in [-0.1, -0.05) is 32.6 Å². The third-order valence-corrected chi connectivity index (χ3v) is 9.08. The van der Waals surface area contributed by atoms with Gasteiger partial charge in [-0.15, -0.1) is 0 Å². The maximum Gasteiger partial charge on any atom is 0.0578 e. The van der Waals surface area contributed by atoms with Crippen LogP contribution < -0.4 is 0 Å². The summed E-state index contributed by atoms with van der Waals surface area (Å²) < 4.78 is 6.36. The summed E-state index contributed by atoms with van der Waals surface area (Å²) in [6.07, 6.45) is 20.8. The molecular formula is C25H44O2. The first-order valence-electron chi connectivity index (χ1n) is 12.5. The van der Waals surface area contributed by atoms with Gasteiger partial charge in [0.25, 0.3) is 0 Å². The third-order valence-electron chi connectivity index (χ3n) is 9.08. The average Bonchev–Trinajstić information content (AvgIpc) is 2.71. The fourth-order valence-corrected chi connectivity index (χ4v) is 7.38. The zero-order chi connectivity index (χ0) is 18.6. The average molecular weight is 377 g/mol. The van der Waals surface area contributed by atoms with Gasteiger partial charge in [0.2, 0.25) is 0 Å². The second-order valence-electron chi connectivity index (χ2n) is 10.7. The van der Waals surface area contributed by atoms with Gasteiger partial charge >= 0.3 is 0 Å². The lowest BCUT2D eigenvalue weighted by Crippen LogP contribution is -2.37. The summed E-state index contributed by atoms with van der Waals surface area (Å²) in [4.78, 5) is 0. The molecule has 156 valence electrons. The number of hydrogen-bond donors (Lipinski definition) is 1. The Bertz CT molecular complexity index is 450. The SMILES string of the molecule is CCC1CCC2CC(OCCCC3CCC4C(O)CCCC4C3)CCC2C1. The molecule has 2 nitrogen and oxygen atoms in total. The van der Waals surface area contributed by atoms with Crippen molar-refractivity contribution in [3.8, 4) is 0 Å². The van der Waals surface area contributed by atoms with Gasteiger partial charge in [0.15, 0.2) is 0 Å². The minimum atomic E-state index is 0.00977. The van der Waals surface area contributed by atoms with Crippen molar-refractivity contribution in [2.45, 2.75) is 115 Å². The molecule has 8 unspecified atom stereocenters. The maximum absolute atomic E-state index is 10.2. The molecule has 0 bridgehead atoms. The number of aliphatic hydroxyl groups is 1. The van der Waals surface area contributed by atoms with E-state index >= 15 is 0 Å². The Morgan fingerprint density at radius 1 is 0.778 bits per heavy atom. The molecule has 27 heavy (non-hydrogen) atoms. The van der Waals surface area contributed by atoms with Crippen LogP contribution in [0, 0.1) is 35.5 Å². The van der Waals surface area contributed by atoms with Crippen LogP contribution in [0.5, 0.6) is 0 Å². The molecule has 4 rings (SSSR count). The minimum absolute atomic E-state index is 0.00977. The van der Waals surface area contributed by atoms with Crippen LogP contribution in [-0.4, -0.2) is 23.9 Å². The second-order valence-corrected chi connectivity index (χ2v) is 10.7. The number of rotatable bonds is 6. The normalized spacial score (nSPS) is 45.1. The van der Waals surface area contributed by atoms with Crippen molar-refractivity contribution in [1.29, 1.82) is 0 Å². The molecule has 4 saturated carbocycles. The zero-order valence-corrected chi connectivity index (χ0v) is 17.8. The van der Waals surface area contributed by atoms with E-state index in [0.29, 0.717) is 12.0 Å². The highest BCUT2D eigenvalue weighted by Crippen LogP contribution is 2.45. The smallest absolute Gasteiger partial charge is 0.0578 e. The summed E-state index contributed by atoms with van der Waals surface area (Å²) >= 11 is 0. The maximum atomic E-state index is 10.2. The molecule has 1 N–H and O–H groups in total. The quantitative estimate of drug-likeness (QED) is 0.547. The highest BCUT2D eigenvalue weighted by Gasteiger charge is 2.37. The van der Waals surface area contributed by atoms with Crippen LogP contribution >= 0.6 is 0 Å². The van der Waals surface area contributed by atoms with E-state index in [9.17, 15) is 5.11 Å². The largest absolute Gasteiger partial charge is 0.393 e. The molecule has 0 aromatic carbocycles. The van der Waals surface area contributed by atoms with Crippen molar-refractivity contribution in [3.05, 3.63) is 0 Å². The van der Waals surface area contributed by atoms with Gasteiger partial charge in [-0.3, -0.25) is 0 Å². The number of ether oxygens (including phenoxy) is 1. The first-order valence-corrected chi connectivity index (χ1v) is 12.5. The van der Waals surface area contributed by atoms with E-state index in [1.165, 1.54) is 89.9 Å². The molecule has 8 atom stereocenters. The lowest BCUT2D eigenvalue weighted by atomic mass is 9.65. The van der Waals surface area contributed by atoms with E-state index < -0.39 is 0 Å². The third kappa shape index (κ3) is 5.10. The van der Waals surface area contributed by atoms with E-state index in [-0.39, 0.29) is 6.10 Å². The summed E-state index contributed by atoms with van der Waals surface area (Å²) in [6, 6.07) is 0. The Kier molecular flexibility index (Phi) is 7.19. The molecule has 4 aliphatic rings. The van der Waals surface area contributed by atoms with Gasteiger partial charge in [0.05, 0.1) is 12.2 Å². The summed E-state index contributed by atoms with van der Waals surface area (Å²) in [5.74, 6) is 5.36. The standard InChI is InChI=1S/C25H44O2/c1-2-18-8-10-21-17-23(12-11-20(21)15-18)27-14-4-5-19-9-13-24-22(16-19)6-3-7-25(24)26/h18-26H,2-17H2,1H3. The lowest BCUT2D eigenvalue weighted by Gasteiger charge is -2.42. The molecular weight excluding hydrogens is 332 g/mol. The highest BCUT2D eigenvalue weighted by atomic mass is 16.5. The molecule has 0 aromatic heterocycles. The summed E-state index contributed by atoms with van der Waals surface area (Å²) in [6.45, 7) is 3.37. The summed E-state index contributed by atoms with van der Waals surface area (Å²) in [5, 5.41) is 10.2. The lowest BCUT2D eigenvalue weighted by molar-refractivity contribution is -0.0252. The van der Waals surface area contributed by atoms with Crippen LogP contribution in [0.15, 0.2) is 0 Å². The first-order chi connectivity index (χ1) is 13.2. The Balaban J connectivity index is 1.11.